The van der Waals surface area contributed by atoms with E-state index in [-0.39, 0.29) is 18.2 Å². The van der Waals surface area contributed by atoms with Crippen LogP contribution in [0.15, 0.2) is 18.2 Å². The van der Waals surface area contributed by atoms with Crippen molar-refractivity contribution < 1.29 is 26.3 Å². The number of nitrogens with zero attached hydrogens (tertiary/aromatic N) is 1. The molecule has 0 fully saturated rings. The van der Waals surface area contributed by atoms with Crippen LogP contribution in [0.1, 0.15) is 22.7 Å². The summed E-state index contributed by atoms with van der Waals surface area (Å²) < 4.78 is 75.9. The van der Waals surface area contributed by atoms with Gasteiger partial charge < -0.3 is 10.6 Å². The van der Waals surface area contributed by atoms with E-state index in [4.69, 9.17) is 5.73 Å². The molecule has 0 radical (unpaired) electrons. The maximum absolute atomic E-state index is 12.6. The van der Waals surface area contributed by atoms with E-state index in [0.717, 1.165) is 0 Å². The lowest BCUT2D eigenvalue weighted by atomic mass is 10.00. The Morgan fingerprint density at radius 1 is 0.950 bits per heavy atom. The molecule has 0 aliphatic heterocycles. The number of likely N-dealkylation sites (N-methyl/N-ethyl adjacent to an activating group) is 1. The molecule has 0 aliphatic rings. The number of hydrogen-bond acceptors (Lipinski definition) is 2. The number of hydrogen-bond donors (Lipinski definition) is 1. The first-order chi connectivity index (χ1) is 8.91. The van der Waals surface area contributed by atoms with Gasteiger partial charge in [0.2, 0.25) is 0 Å². The maximum atomic E-state index is 12.6. The predicted molar refractivity (Wildman–Crippen MR) is 61.9 cm³/mol. The standard InChI is InChI=1S/C12H14F6N2/c1-20(2)6-10(19)7-3-8(11(13,14)15)5-9(4-7)12(16,17)18/h3-5,10H,6,19H2,1-2H3. The zero-order chi connectivity index (χ0) is 15.7. The van der Waals surface area contributed by atoms with Crippen molar-refractivity contribution in [2.45, 2.75) is 18.4 Å². The molecule has 0 heterocycles. The maximum Gasteiger partial charge on any atom is 0.416 e. The second-order valence-corrected chi connectivity index (χ2v) is 4.71. The van der Waals surface area contributed by atoms with E-state index in [1.807, 2.05) is 0 Å². The lowest BCUT2D eigenvalue weighted by molar-refractivity contribution is -0.143. The topological polar surface area (TPSA) is 29.3 Å². The van der Waals surface area contributed by atoms with Gasteiger partial charge in [0.25, 0.3) is 0 Å². The Bertz CT molecular complexity index is 432. The van der Waals surface area contributed by atoms with Gasteiger partial charge in [-0.05, 0) is 37.9 Å². The summed E-state index contributed by atoms with van der Waals surface area (Å²) in [4.78, 5) is 1.58. The van der Waals surface area contributed by atoms with E-state index in [0.29, 0.717) is 12.1 Å². The first-order valence-corrected chi connectivity index (χ1v) is 5.61. The van der Waals surface area contributed by atoms with Crippen LogP contribution in [0.5, 0.6) is 0 Å². The molecule has 0 amide bonds. The highest BCUT2D eigenvalue weighted by atomic mass is 19.4. The minimum Gasteiger partial charge on any atom is -0.323 e. The molecule has 0 aliphatic carbocycles. The zero-order valence-corrected chi connectivity index (χ0v) is 10.8. The molecule has 1 rings (SSSR count). The van der Waals surface area contributed by atoms with Crippen molar-refractivity contribution in [1.29, 1.82) is 0 Å². The van der Waals surface area contributed by atoms with Gasteiger partial charge in [-0.1, -0.05) is 0 Å². The number of alkyl halides is 6. The Labute approximate surface area is 112 Å². The van der Waals surface area contributed by atoms with Crippen molar-refractivity contribution in [3.8, 4) is 0 Å². The molecule has 0 saturated heterocycles. The van der Waals surface area contributed by atoms with Gasteiger partial charge in [-0.2, -0.15) is 26.3 Å². The van der Waals surface area contributed by atoms with Gasteiger partial charge in [0.05, 0.1) is 11.1 Å². The van der Waals surface area contributed by atoms with Gasteiger partial charge >= 0.3 is 12.4 Å². The summed E-state index contributed by atoms with van der Waals surface area (Å²) in [5, 5.41) is 0. The third-order valence-corrected chi connectivity index (χ3v) is 2.60. The molecule has 0 bridgehead atoms. The quantitative estimate of drug-likeness (QED) is 0.868. The summed E-state index contributed by atoms with van der Waals surface area (Å²) in [7, 11) is 3.25. The smallest absolute Gasteiger partial charge is 0.323 e. The molecule has 0 aromatic heterocycles. The van der Waals surface area contributed by atoms with Crippen molar-refractivity contribution >= 4 is 0 Å². The summed E-state index contributed by atoms with van der Waals surface area (Å²) in [5.41, 5.74) is 2.75. The average Bonchev–Trinajstić information content (AvgIpc) is 2.25. The first kappa shape index (κ1) is 16.8. The van der Waals surface area contributed by atoms with Crippen LogP contribution in [0.25, 0.3) is 0 Å². The number of rotatable bonds is 3. The average molecular weight is 300 g/mol. The van der Waals surface area contributed by atoms with Gasteiger partial charge in [-0.25, -0.2) is 0 Å². The molecule has 1 aromatic carbocycles. The molecule has 8 heteroatoms. The van der Waals surface area contributed by atoms with Crippen LogP contribution in [0.4, 0.5) is 26.3 Å². The van der Waals surface area contributed by atoms with Crippen LogP contribution in [0, 0.1) is 0 Å². The van der Waals surface area contributed by atoms with Gasteiger partial charge in [0.1, 0.15) is 0 Å². The molecule has 1 unspecified atom stereocenters. The number of halogens is 6. The van der Waals surface area contributed by atoms with Gasteiger partial charge in [-0.3, -0.25) is 0 Å². The Balaban J connectivity index is 3.31. The highest BCUT2D eigenvalue weighted by Gasteiger charge is 2.37. The largest absolute Gasteiger partial charge is 0.416 e. The van der Waals surface area contributed by atoms with Crippen molar-refractivity contribution in [3.05, 3.63) is 34.9 Å². The summed E-state index contributed by atoms with van der Waals surface area (Å²) >= 11 is 0. The predicted octanol–water partition coefficient (Wildman–Crippen LogP) is 3.29. The van der Waals surface area contributed by atoms with Gasteiger partial charge in [-0.15, -0.1) is 0 Å². The third-order valence-electron chi connectivity index (χ3n) is 2.60. The summed E-state index contributed by atoms with van der Waals surface area (Å²) in [5.74, 6) is 0. The number of nitrogens with two attached hydrogens (primary N) is 1. The summed E-state index contributed by atoms with van der Waals surface area (Å²) in [6, 6.07) is 0.465. The first-order valence-electron chi connectivity index (χ1n) is 5.61. The zero-order valence-electron chi connectivity index (χ0n) is 10.8. The minimum absolute atomic E-state index is 0.0892. The number of benzene rings is 1. The second kappa shape index (κ2) is 5.61. The molecule has 20 heavy (non-hydrogen) atoms. The molecule has 0 saturated carbocycles. The normalized spacial score (nSPS) is 14.7. The molecular formula is C12H14F6N2. The lowest BCUT2D eigenvalue weighted by Gasteiger charge is -2.20. The third kappa shape index (κ3) is 4.38. The highest BCUT2D eigenvalue weighted by molar-refractivity contribution is 5.35. The van der Waals surface area contributed by atoms with Crippen LogP contribution < -0.4 is 5.73 Å². The van der Waals surface area contributed by atoms with Gasteiger partial charge in [0.15, 0.2) is 0 Å². The van der Waals surface area contributed by atoms with Crippen LogP contribution >= 0.6 is 0 Å². The van der Waals surface area contributed by atoms with E-state index in [1.54, 1.807) is 19.0 Å². The fourth-order valence-corrected chi connectivity index (χ4v) is 1.69. The molecule has 114 valence electrons. The second-order valence-electron chi connectivity index (χ2n) is 4.71. The Hall–Kier alpha value is -1.28. The summed E-state index contributed by atoms with van der Waals surface area (Å²) in [6.45, 7) is 0.138. The van der Waals surface area contributed by atoms with E-state index in [2.05, 4.69) is 0 Å². The van der Waals surface area contributed by atoms with Crippen molar-refractivity contribution in [1.82, 2.24) is 4.90 Å². The van der Waals surface area contributed by atoms with Crippen molar-refractivity contribution in [2.24, 2.45) is 5.73 Å². The van der Waals surface area contributed by atoms with Crippen molar-refractivity contribution in [3.63, 3.8) is 0 Å². The SMILES string of the molecule is CN(C)CC(N)c1cc(C(F)(F)F)cc(C(F)(F)F)c1. The Morgan fingerprint density at radius 2 is 1.35 bits per heavy atom. The molecule has 2 nitrogen and oxygen atoms in total. The van der Waals surface area contributed by atoms with Crippen LogP contribution in [-0.2, 0) is 12.4 Å². The minimum atomic E-state index is -4.85. The molecule has 1 aromatic rings. The van der Waals surface area contributed by atoms with Crippen LogP contribution in [0.2, 0.25) is 0 Å². The van der Waals surface area contributed by atoms with Crippen LogP contribution in [-0.4, -0.2) is 25.5 Å². The molecule has 1 atom stereocenters. The monoisotopic (exact) mass is 300 g/mol. The van der Waals surface area contributed by atoms with E-state index in [1.165, 1.54) is 0 Å². The Morgan fingerprint density at radius 3 is 1.65 bits per heavy atom. The molecule has 2 N–H and O–H groups in total. The fourth-order valence-electron chi connectivity index (χ4n) is 1.69. The lowest BCUT2D eigenvalue weighted by Crippen LogP contribution is -2.26. The summed E-state index contributed by atoms with van der Waals surface area (Å²) in [6.07, 6.45) is -9.71. The molecular weight excluding hydrogens is 286 g/mol. The van der Waals surface area contributed by atoms with Gasteiger partial charge in [0, 0.05) is 12.6 Å². The highest BCUT2D eigenvalue weighted by Crippen LogP contribution is 2.37. The molecule has 0 spiro atoms. The van der Waals surface area contributed by atoms with E-state index in [9.17, 15) is 26.3 Å². The Kier molecular flexibility index (Phi) is 4.70. The van der Waals surface area contributed by atoms with Crippen LogP contribution in [0.3, 0.4) is 0 Å². The van der Waals surface area contributed by atoms with Crippen molar-refractivity contribution in [2.75, 3.05) is 20.6 Å². The van der Waals surface area contributed by atoms with E-state index >= 15 is 0 Å². The fraction of sp³-hybridized carbons (Fsp3) is 0.500. The van der Waals surface area contributed by atoms with E-state index < -0.39 is 29.5 Å².